The summed E-state index contributed by atoms with van der Waals surface area (Å²) in [7, 11) is 1.39. The van der Waals surface area contributed by atoms with Gasteiger partial charge < -0.3 is 19.7 Å². The van der Waals surface area contributed by atoms with Crippen LogP contribution in [-0.2, 0) is 20.7 Å². The molecule has 2 aromatic rings. The van der Waals surface area contributed by atoms with Gasteiger partial charge >= 0.3 is 12.1 Å². The minimum atomic E-state index is -0.517. The molecule has 1 aromatic heterocycles. The quantitative estimate of drug-likeness (QED) is 0.580. The maximum atomic E-state index is 13.0. The van der Waals surface area contributed by atoms with E-state index in [0.717, 1.165) is 35.5 Å². The number of likely N-dealkylation sites (tertiary alicyclic amines) is 1. The molecule has 1 aliphatic heterocycles. The third-order valence-corrected chi connectivity index (χ3v) is 6.44. The number of hydrogen-bond acceptors (Lipinski definition) is 6. The van der Waals surface area contributed by atoms with E-state index in [0.29, 0.717) is 44.0 Å². The van der Waals surface area contributed by atoms with Crippen LogP contribution < -0.4 is 5.32 Å². The van der Waals surface area contributed by atoms with Gasteiger partial charge in [0.25, 0.3) is 5.91 Å². The summed E-state index contributed by atoms with van der Waals surface area (Å²) >= 11 is 0. The number of amides is 2. The SMILES string of the molecule is COC(=O)CCc1c(C)nn(-c2ccc(C(=O)N3CCC(CNC(=O)OC(C)(C)C)CC3)cc2)c1C. The van der Waals surface area contributed by atoms with Crippen LogP contribution in [0, 0.1) is 19.8 Å². The molecule has 0 spiro atoms. The number of carbonyl (C=O) groups excluding carboxylic acids is 3. The van der Waals surface area contributed by atoms with Gasteiger partial charge in [0.05, 0.1) is 18.5 Å². The molecule has 36 heavy (non-hydrogen) atoms. The number of aromatic nitrogens is 2. The van der Waals surface area contributed by atoms with Gasteiger partial charge in [-0.15, -0.1) is 0 Å². The van der Waals surface area contributed by atoms with Gasteiger partial charge in [-0.25, -0.2) is 9.48 Å². The number of alkyl carbamates (subject to hydrolysis) is 1. The normalized spacial score (nSPS) is 14.4. The van der Waals surface area contributed by atoms with E-state index in [1.165, 1.54) is 7.11 Å². The first-order valence-corrected chi connectivity index (χ1v) is 12.5. The van der Waals surface area contributed by atoms with Gasteiger partial charge in [-0.2, -0.15) is 5.10 Å². The Hall–Kier alpha value is -3.36. The number of methoxy groups -OCH3 is 1. The molecule has 0 bridgehead atoms. The van der Waals surface area contributed by atoms with Gasteiger partial charge in [0.15, 0.2) is 0 Å². The predicted molar refractivity (Wildman–Crippen MR) is 136 cm³/mol. The lowest BCUT2D eigenvalue weighted by molar-refractivity contribution is -0.140. The summed E-state index contributed by atoms with van der Waals surface area (Å²) in [6.45, 7) is 11.3. The molecule has 1 aromatic carbocycles. The Morgan fingerprint density at radius 1 is 1.08 bits per heavy atom. The Bertz CT molecular complexity index is 1080. The van der Waals surface area contributed by atoms with E-state index in [2.05, 4.69) is 10.4 Å². The summed E-state index contributed by atoms with van der Waals surface area (Å²) < 4.78 is 11.9. The fourth-order valence-corrected chi connectivity index (χ4v) is 4.43. The van der Waals surface area contributed by atoms with Crippen molar-refractivity contribution in [1.29, 1.82) is 0 Å². The summed E-state index contributed by atoms with van der Waals surface area (Å²) in [5.74, 6) is 0.0864. The smallest absolute Gasteiger partial charge is 0.407 e. The number of ether oxygens (including phenoxy) is 2. The van der Waals surface area contributed by atoms with Gasteiger partial charge in [0.2, 0.25) is 0 Å². The van der Waals surface area contributed by atoms with Crippen LogP contribution in [0.1, 0.15) is 67.3 Å². The topological polar surface area (TPSA) is 103 Å². The van der Waals surface area contributed by atoms with Crippen LogP contribution in [0.15, 0.2) is 24.3 Å². The maximum Gasteiger partial charge on any atom is 0.407 e. The number of carbonyl (C=O) groups is 3. The zero-order valence-electron chi connectivity index (χ0n) is 22.2. The van der Waals surface area contributed by atoms with Crippen molar-refractivity contribution in [1.82, 2.24) is 20.0 Å². The molecule has 1 N–H and O–H groups in total. The molecule has 196 valence electrons. The first-order chi connectivity index (χ1) is 17.0. The van der Waals surface area contributed by atoms with Crippen LogP contribution >= 0.6 is 0 Å². The van der Waals surface area contributed by atoms with Crippen molar-refractivity contribution >= 4 is 18.0 Å². The van der Waals surface area contributed by atoms with Crippen LogP contribution in [0.3, 0.4) is 0 Å². The molecule has 0 saturated carbocycles. The zero-order valence-corrected chi connectivity index (χ0v) is 22.2. The fraction of sp³-hybridized carbons (Fsp3) is 0.556. The van der Waals surface area contributed by atoms with E-state index in [-0.39, 0.29) is 11.9 Å². The highest BCUT2D eigenvalue weighted by Gasteiger charge is 2.25. The van der Waals surface area contributed by atoms with E-state index in [9.17, 15) is 14.4 Å². The Morgan fingerprint density at radius 3 is 2.31 bits per heavy atom. The molecule has 9 nitrogen and oxygen atoms in total. The van der Waals surface area contributed by atoms with Crippen molar-refractivity contribution in [3.63, 3.8) is 0 Å². The minimum absolute atomic E-state index is 0.00670. The maximum absolute atomic E-state index is 13.0. The third kappa shape index (κ3) is 7.08. The second kappa shape index (κ2) is 11.6. The van der Waals surface area contributed by atoms with Crippen molar-refractivity contribution in [3.05, 3.63) is 46.8 Å². The Morgan fingerprint density at radius 2 is 1.72 bits per heavy atom. The van der Waals surface area contributed by atoms with Crippen molar-refractivity contribution in [3.8, 4) is 5.69 Å². The highest BCUT2D eigenvalue weighted by molar-refractivity contribution is 5.94. The lowest BCUT2D eigenvalue weighted by Gasteiger charge is -2.32. The van der Waals surface area contributed by atoms with Crippen molar-refractivity contribution in [2.45, 2.75) is 65.9 Å². The van der Waals surface area contributed by atoms with Crippen molar-refractivity contribution in [2.75, 3.05) is 26.7 Å². The molecule has 1 saturated heterocycles. The van der Waals surface area contributed by atoms with Crippen LogP contribution in [0.25, 0.3) is 5.69 Å². The number of piperidine rings is 1. The predicted octanol–water partition coefficient (Wildman–Crippen LogP) is 3.97. The van der Waals surface area contributed by atoms with E-state index in [4.69, 9.17) is 9.47 Å². The molecule has 1 aliphatic rings. The molecule has 9 heteroatoms. The van der Waals surface area contributed by atoms with E-state index in [1.54, 1.807) is 0 Å². The molecule has 0 radical (unpaired) electrons. The van der Waals surface area contributed by atoms with Crippen molar-refractivity contribution in [2.24, 2.45) is 5.92 Å². The molecule has 0 aliphatic carbocycles. The van der Waals surface area contributed by atoms with E-state index >= 15 is 0 Å². The first-order valence-electron chi connectivity index (χ1n) is 12.5. The number of nitrogens with zero attached hydrogens (tertiary/aromatic N) is 3. The van der Waals surface area contributed by atoms with Gasteiger partial charge in [-0.05, 0) is 89.6 Å². The molecule has 0 unspecified atom stereocenters. The zero-order chi connectivity index (χ0) is 26.5. The molecular formula is C27H38N4O5. The number of nitrogens with one attached hydrogen (secondary N) is 1. The summed E-state index contributed by atoms with van der Waals surface area (Å²) in [4.78, 5) is 38.3. The average molecular weight is 499 g/mol. The summed E-state index contributed by atoms with van der Waals surface area (Å²) in [5.41, 5.74) is 3.86. The monoisotopic (exact) mass is 498 g/mol. The Labute approximate surface area is 213 Å². The number of esters is 1. The number of aryl methyl sites for hydroxylation is 1. The fourth-order valence-electron chi connectivity index (χ4n) is 4.43. The second-order valence-corrected chi connectivity index (χ2v) is 10.3. The highest BCUT2D eigenvalue weighted by atomic mass is 16.6. The largest absolute Gasteiger partial charge is 0.469 e. The Balaban J connectivity index is 1.55. The summed E-state index contributed by atoms with van der Waals surface area (Å²) in [6, 6.07) is 7.46. The number of hydrogen-bond donors (Lipinski definition) is 1. The molecule has 1 fully saturated rings. The van der Waals surface area contributed by atoms with Crippen LogP contribution in [0.5, 0.6) is 0 Å². The van der Waals surface area contributed by atoms with Crippen molar-refractivity contribution < 1.29 is 23.9 Å². The van der Waals surface area contributed by atoms with E-state index in [1.807, 2.05) is 68.5 Å². The second-order valence-electron chi connectivity index (χ2n) is 10.3. The minimum Gasteiger partial charge on any atom is -0.469 e. The third-order valence-electron chi connectivity index (χ3n) is 6.44. The van der Waals surface area contributed by atoms with E-state index < -0.39 is 11.7 Å². The summed E-state index contributed by atoms with van der Waals surface area (Å²) in [5, 5.41) is 7.47. The number of rotatable bonds is 7. The van der Waals surface area contributed by atoms with Crippen LogP contribution in [0.2, 0.25) is 0 Å². The molecule has 0 atom stereocenters. The first kappa shape index (κ1) is 27.2. The average Bonchev–Trinajstić information content (AvgIpc) is 3.13. The standard InChI is InChI=1S/C27H38N4O5/c1-18-23(11-12-24(32)35-6)19(2)31(29-18)22-9-7-21(8-10-22)25(33)30-15-13-20(14-16-30)17-28-26(34)36-27(3,4)5/h7-10,20H,11-17H2,1-6H3,(H,28,34). The molecule has 2 amide bonds. The lowest BCUT2D eigenvalue weighted by atomic mass is 9.96. The molecule has 3 rings (SSSR count). The number of benzene rings is 1. The van der Waals surface area contributed by atoms with Gasteiger partial charge in [-0.3, -0.25) is 9.59 Å². The molecular weight excluding hydrogens is 460 g/mol. The highest BCUT2D eigenvalue weighted by Crippen LogP contribution is 2.22. The van der Waals surface area contributed by atoms with Crippen LogP contribution in [0.4, 0.5) is 4.79 Å². The lowest BCUT2D eigenvalue weighted by Crippen LogP contribution is -2.42. The van der Waals surface area contributed by atoms with Gasteiger partial charge in [-0.1, -0.05) is 0 Å². The van der Waals surface area contributed by atoms with Crippen LogP contribution in [-0.4, -0.2) is 65.0 Å². The van der Waals surface area contributed by atoms with Gasteiger partial charge in [0.1, 0.15) is 5.60 Å². The summed E-state index contributed by atoms with van der Waals surface area (Å²) in [6.07, 6.45) is 2.15. The Kier molecular flexibility index (Phi) is 8.76. The van der Waals surface area contributed by atoms with Gasteiger partial charge in [0, 0.05) is 37.3 Å². The molecule has 2 heterocycles.